The Labute approximate surface area is 107 Å². The normalized spacial score (nSPS) is 24.2. The van der Waals surface area contributed by atoms with Crippen molar-refractivity contribution in [1.82, 2.24) is 4.90 Å². The third kappa shape index (κ3) is 4.59. The van der Waals surface area contributed by atoms with Gasteiger partial charge in [0.1, 0.15) is 0 Å². The monoisotopic (exact) mass is 238 g/mol. The first-order valence-corrected chi connectivity index (χ1v) is 7.73. The van der Waals surface area contributed by atoms with E-state index >= 15 is 0 Å². The molecule has 0 aliphatic heterocycles. The zero-order valence-corrected chi connectivity index (χ0v) is 11.6. The molecule has 0 atom stereocenters. The van der Waals surface area contributed by atoms with E-state index in [2.05, 4.69) is 11.8 Å². The molecule has 2 nitrogen and oxygen atoms in total. The predicted molar refractivity (Wildman–Crippen MR) is 74.1 cm³/mol. The Morgan fingerprint density at radius 2 is 1.82 bits per heavy atom. The fraction of sp³-hybridized carbons (Fsp3) is 1.00. The van der Waals surface area contributed by atoms with E-state index in [0.717, 1.165) is 5.92 Å². The van der Waals surface area contributed by atoms with Crippen LogP contribution in [-0.2, 0) is 0 Å². The smallest absolute Gasteiger partial charge is 0.0166 e. The van der Waals surface area contributed by atoms with E-state index < -0.39 is 0 Å². The number of hydrogen-bond acceptors (Lipinski definition) is 2. The highest BCUT2D eigenvalue weighted by molar-refractivity contribution is 4.88. The average Bonchev–Trinajstić information content (AvgIpc) is 3.11. The SMILES string of the molecule is CCCN(CCC1(N)CCCCC1)CC1CC1. The maximum absolute atomic E-state index is 6.52. The van der Waals surface area contributed by atoms with Crippen LogP contribution in [0, 0.1) is 5.92 Å². The van der Waals surface area contributed by atoms with Gasteiger partial charge in [-0.3, -0.25) is 0 Å². The number of hydrogen-bond donors (Lipinski definition) is 1. The van der Waals surface area contributed by atoms with Crippen LogP contribution in [0.4, 0.5) is 0 Å². The minimum Gasteiger partial charge on any atom is -0.325 e. The molecule has 0 bridgehead atoms. The van der Waals surface area contributed by atoms with Crippen molar-refractivity contribution in [2.24, 2.45) is 11.7 Å². The Kier molecular flexibility index (Phi) is 4.87. The molecule has 0 heterocycles. The molecule has 2 fully saturated rings. The van der Waals surface area contributed by atoms with Gasteiger partial charge in [0, 0.05) is 12.1 Å². The second-order valence-electron chi connectivity index (χ2n) is 6.42. The Morgan fingerprint density at radius 1 is 1.12 bits per heavy atom. The van der Waals surface area contributed by atoms with Crippen molar-refractivity contribution in [2.45, 2.75) is 70.3 Å². The van der Waals surface area contributed by atoms with Gasteiger partial charge in [0.05, 0.1) is 0 Å². The minimum absolute atomic E-state index is 0.174. The molecule has 100 valence electrons. The number of nitrogens with two attached hydrogens (primary N) is 1. The summed E-state index contributed by atoms with van der Waals surface area (Å²) in [7, 11) is 0. The first kappa shape index (κ1) is 13.4. The lowest BCUT2D eigenvalue weighted by Crippen LogP contribution is -2.45. The predicted octanol–water partition coefficient (Wildman–Crippen LogP) is 3.16. The van der Waals surface area contributed by atoms with E-state index in [1.807, 2.05) is 0 Å². The maximum Gasteiger partial charge on any atom is 0.0166 e. The molecule has 0 radical (unpaired) electrons. The van der Waals surface area contributed by atoms with Crippen molar-refractivity contribution in [3.05, 3.63) is 0 Å². The van der Waals surface area contributed by atoms with Crippen molar-refractivity contribution >= 4 is 0 Å². The second kappa shape index (κ2) is 6.19. The summed E-state index contributed by atoms with van der Waals surface area (Å²) in [5.41, 5.74) is 6.70. The summed E-state index contributed by atoms with van der Waals surface area (Å²) >= 11 is 0. The van der Waals surface area contributed by atoms with E-state index in [4.69, 9.17) is 5.73 Å². The second-order valence-corrected chi connectivity index (χ2v) is 6.42. The lowest BCUT2D eigenvalue weighted by Gasteiger charge is -2.35. The molecule has 0 saturated heterocycles. The Balaban J connectivity index is 1.72. The molecule has 2 N–H and O–H groups in total. The highest BCUT2D eigenvalue weighted by Crippen LogP contribution is 2.31. The molecule has 0 amide bonds. The summed E-state index contributed by atoms with van der Waals surface area (Å²) in [6, 6.07) is 0. The maximum atomic E-state index is 6.52. The first-order valence-electron chi connectivity index (χ1n) is 7.73. The fourth-order valence-electron chi connectivity index (χ4n) is 3.16. The molecular weight excluding hydrogens is 208 g/mol. The molecule has 2 rings (SSSR count). The Hall–Kier alpha value is -0.0800. The zero-order chi connectivity index (χ0) is 12.1. The van der Waals surface area contributed by atoms with Crippen LogP contribution in [-0.4, -0.2) is 30.1 Å². The zero-order valence-electron chi connectivity index (χ0n) is 11.6. The minimum atomic E-state index is 0.174. The molecule has 2 saturated carbocycles. The first-order chi connectivity index (χ1) is 8.22. The molecule has 0 aromatic heterocycles. The Morgan fingerprint density at radius 3 is 2.41 bits per heavy atom. The van der Waals surface area contributed by atoms with Gasteiger partial charge < -0.3 is 10.6 Å². The van der Waals surface area contributed by atoms with Crippen molar-refractivity contribution in [3.63, 3.8) is 0 Å². The van der Waals surface area contributed by atoms with Crippen LogP contribution < -0.4 is 5.73 Å². The molecule has 0 aromatic carbocycles. The van der Waals surface area contributed by atoms with E-state index in [9.17, 15) is 0 Å². The molecule has 2 aliphatic carbocycles. The van der Waals surface area contributed by atoms with E-state index in [1.165, 1.54) is 77.4 Å². The van der Waals surface area contributed by atoms with E-state index in [-0.39, 0.29) is 5.54 Å². The summed E-state index contributed by atoms with van der Waals surface area (Å²) < 4.78 is 0. The van der Waals surface area contributed by atoms with E-state index in [0.29, 0.717) is 0 Å². The van der Waals surface area contributed by atoms with Gasteiger partial charge in [-0.25, -0.2) is 0 Å². The lowest BCUT2D eigenvalue weighted by molar-refractivity contribution is 0.202. The summed E-state index contributed by atoms with van der Waals surface area (Å²) in [6.45, 7) is 6.13. The average molecular weight is 238 g/mol. The fourth-order valence-corrected chi connectivity index (χ4v) is 3.16. The summed E-state index contributed by atoms with van der Waals surface area (Å²) in [5.74, 6) is 1.02. The number of nitrogens with zero attached hydrogens (tertiary/aromatic N) is 1. The lowest BCUT2D eigenvalue weighted by atomic mass is 9.80. The van der Waals surface area contributed by atoms with Crippen LogP contribution in [0.15, 0.2) is 0 Å². The van der Waals surface area contributed by atoms with Crippen LogP contribution in [0.25, 0.3) is 0 Å². The van der Waals surface area contributed by atoms with Gasteiger partial charge in [-0.1, -0.05) is 26.2 Å². The molecule has 2 heteroatoms. The van der Waals surface area contributed by atoms with Crippen LogP contribution in [0.3, 0.4) is 0 Å². The summed E-state index contributed by atoms with van der Waals surface area (Å²) in [5, 5.41) is 0. The van der Waals surface area contributed by atoms with Gasteiger partial charge in [-0.2, -0.15) is 0 Å². The quantitative estimate of drug-likeness (QED) is 0.738. The van der Waals surface area contributed by atoms with Crippen molar-refractivity contribution < 1.29 is 0 Å². The van der Waals surface area contributed by atoms with Crippen molar-refractivity contribution in [2.75, 3.05) is 19.6 Å². The van der Waals surface area contributed by atoms with E-state index in [1.54, 1.807) is 0 Å². The summed E-state index contributed by atoms with van der Waals surface area (Å²) in [6.07, 6.45) is 12.1. The molecule has 2 aliphatic rings. The molecular formula is C15H30N2. The highest BCUT2D eigenvalue weighted by Gasteiger charge is 2.29. The van der Waals surface area contributed by atoms with Crippen LogP contribution in [0.1, 0.15) is 64.7 Å². The molecule has 17 heavy (non-hydrogen) atoms. The van der Waals surface area contributed by atoms with Gasteiger partial charge in [0.2, 0.25) is 0 Å². The van der Waals surface area contributed by atoms with Crippen LogP contribution in [0.2, 0.25) is 0 Å². The highest BCUT2D eigenvalue weighted by atomic mass is 15.1. The van der Waals surface area contributed by atoms with Crippen LogP contribution in [0.5, 0.6) is 0 Å². The summed E-state index contributed by atoms with van der Waals surface area (Å²) in [4.78, 5) is 2.67. The number of rotatable bonds is 7. The third-order valence-corrected chi connectivity index (χ3v) is 4.53. The molecule has 0 spiro atoms. The largest absolute Gasteiger partial charge is 0.325 e. The standard InChI is InChI=1S/C15H30N2/c1-2-11-17(13-14-6-7-14)12-10-15(16)8-4-3-5-9-15/h14H,2-13,16H2,1H3. The Bertz CT molecular complexity index is 217. The molecule has 0 unspecified atom stereocenters. The van der Waals surface area contributed by atoms with Gasteiger partial charge >= 0.3 is 0 Å². The third-order valence-electron chi connectivity index (χ3n) is 4.53. The van der Waals surface area contributed by atoms with Gasteiger partial charge in [-0.15, -0.1) is 0 Å². The van der Waals surface area contributed by atoms with Gasteiger partial charge in [-0.05, 0) is 57.5 Å². The topological polar surface area (TPSA) is 29.3 Å². The van der Waals surface area contributed by atoms with Gasteiger partial charge in [0.15, 0.2) is 0 Å². The molecule has 0 aromatic rings. The van der Waals surface area contributed by atoms with Crippen LogP contribution >= 0.6 is 0 Å². The van der Waals surface area contributed by atoms with Gasteiger partial charge in [0.25, 0.3) is 0 Å². The van der Waals surface area contributed by atoms with Crippen molar-refractivity contribution in [1.29, 1.82) is 0 Å². The van der Waals surface area contributed by atoms with Crippen molar-refractivity contribution in [3.8, 4) is 0 Å².